The van der Waals surface area contributed by atoms with E-state index in [1.807, 2.05) is 30.3 Å². The second kappa shape index (κ2) is 7.47. The fraction of sp³-hybridized carbons (Fsp3) is 0.400. The summed E-state index contributed by atoms with van der Waals surface area (Å²) in [5, 5.41) is 3.02. The molecule has 0 saturated carbocycles. The number of nitrogens with zero attached hydrogens (tertiary/aromatic N) is 2. The molecule has 1 aromatic carbocycles. The molecule has 126 valence electrons. The molecule has 0 radical (unpaired) electrons. The zero-order valence-electron chi connectivity index (χ0n) is 14.5. The lowest BCUT2D eigenvalue weighted by Gasteiger charge is -2.27. The van der Waals surface area contributed by atoms with Crippen molar-refractivity contribution in [3.05, 3.63) is 53.7 Å². The van der Waals surface area contributed by atoms with Crippen molar-refractivity contribution in [3.63, 3.8) is 0 Å². The van der Waals surface area contributed by atoms with Gasteiger partial charge in [0.1, 0.15) is 11.5 Å². The normalized spacial score (nSPS) is 14.7. The van der Waals surface area contributed by atoms with Crippen LogP contribution in [0.25, 0.3) is 0 Å². The van der Waals surface area contributed by atoms with Gasteiger partial charge in [-0.1, -0.05) is 38.1 Å². The minimum Gasteiger partial charge on any atom is -0.357 e. The third kappa shape index (κ3) is 3.75. The van der Waals surface area contributed by atoms with Crippen LogP contribution in [0.4, 0.5) is 11.5 Å². The highest BCUT2D eigenvalue weighted by Crippen LogP contribution is 2.24. The van der Waals surface area contributed by atoms with E-state index in [4.69, 9.17) is 0 Å². The number of para-hydroxylation sites is 1. The lowest BCUT2D eigenvalue weighted by Crippen LogP contribution is -2.30. The van der Waals surface area contributed by atoms with Crippen molar-refractivity contribution in [3.8, 4) is 0 Å². The summed E-state index contributed by atoms with van der Waals surface area (Å²) < 4.78 is 0. The van der Waals surface area contributed by atoms with Gasteiger partial charge in [-0.15, -0.1) is 0 Å². The minimum atomic E-state index is -0.151. The predicted octanol–water partition coefficient (Wildman–Crippen LogP) is 4.45. The Balaban J connectivity index is 1.78. The third-order valence-corrected chi connectivity index (χ3v) is 4.48. The molecule has 4 nitrogen and oxygen atoms in total. The number of amides is 1. The number of piperidine rings is 1. The summed E-state index contributed by atoms with van der Waals surface area (Å²) >= 11 is 0. The van der Waals surface area contributed by atoms with Crippen molar-refractivity contribution < 1.29 is 4.79 Å². The second-order valence-corrected chi connectivity index (χ2v) is 6.62. The molecule has 0 atom stereocenters. The van der Waals surface area contributed by atoms with Gasteiger partial charge in [-0.25, -0.2) is 4.98 Å². The van der Waals surface area contributed by atoms with Gasteiger partial charge in [0, 0.05) is 18.8 Å². The van der Waals surface area contributed by atoms with Crippen LogP contribution in [0.5, 0.6) is 0 Å². The maximum Gasteiger partial charge on any atom is 0.274 e. The summed E-state index contributed by atoms with van der Waals surface area (Å²) in [5.74, 6) is 1.11. The molecule has 0 bridgehead atoms. The minimum absolute atomic E-state index is 0.151. The Morgan fingerprint density at radius 3 is 2.54 bits per heavy atom. The first-order valence-electron chi connectivity index (χ1n) is 8.77. The first-order valence-corrected chi connectivity index (χ1v) is 8.77. The number of anilines is 2. The number of carbonyl (C=O) groups excluding carboxylic acids is 1. The average molecular weight is 323 g/mol. The summed E-state index contributed by atoms with van der Waals surface area (Å²) in [6, 6.07) is 13.6. The van der Waals surface area contributed by atoms with E-state index < -0.39 is 0 Å². The van der Waals surface area contributed by atoms with Crippen LogP contribution in [0.1, 0.15) is 55.1 Å². The fourth-order valence-corrected chi connectivity index (χ4v) is 3.15. The number of hydrogen-bond donors (Lipinski definition) is 1. The van der Waals surface area contributed by atoms with Gasteiger partial charge in [0.15, 0.2) is 0 Å². The van der Waals surface area contributed by atoms with Crippen molar-refractivity contribution >= 4 is 17.4 Å². The fourth-order valence-electron chi connectivity index (χ4n) is 3.15. The second-order valence-electron chi connectivity index (χ2n) is 6.62. The van der Waals surface area contributed by atoms with Gasteiger partial charge in [-0.3, -0.25) is 4.79 Å². The summed E-state index contributed by atoms with van der Waals surface area (Å²) in [7, 11) is 0. The third-order valence-electron chi connectivity index (χ3n) is 4.48. The van der Waals surface area contributed by atoms with E-state index in [1.165, 1.54) is 19.3 Å². The highest BCUT2D eigenvalue weighted by Gasteiger charge is 2.16. The van der Waals surface area contributed by atoms with Gasteiger partial charge >= 0.3 is 0 Å². The highest BCUT2D eigenvalue weighted by atomic mass is 16.1. The van der Waals surface area contributed by atoms with Crippen LogP contribution in [0, 0.1) is 0 Å². The maximum absolute atomic E-state index is 12.6. The smallest absolute Gasteiger partial charge is 0.274 e. The van der Waals surface area contributed by atoms with Crippen molar-refractivity contribution in [2.45, 2.75) is 39.0 Å². The molecule has 2 heterocycles. The predicted molar refractivity (Wildman–Crippen MR) is 98.8 cm³/mol. The summed E-state index contributed by atoms with van der Waals surface area (Å²) in [6.07, 6.45) is 3.67. The van der Waals surface area contributed by atoms with Crippen LogP contribution in [0.15, 0.2) is 42.5 Å². The molecule has 24 heavy (non-hydrogen) atoms. The summed E-state index contributed by atoms with van der Waals surface area (Å²) in [5.41, 5.74) is 2.47. The number of carbonyl (C=O) groups is 1. The van der Waals surface area contributed by atoms with Gasteiger partial charge in [0.05, 0.1) is 0 Å². The molecule has 3 rings (SSSR count). The Hall–Kier alpha value is -2.36. The molecule has 4 heteroatoms. The number of aromatic nitrogens is 1. The van der Waals surface area contributed by atoms with Crippen LogP contribution < -0.4 is 10.2 Å². The van der Waals surface area contributed by atoms with E-state index in [-0.39, 0.29) is 5.91 Å². The number of benzene rings is 1. The number of nitrogens with one attached hydrogen (secondary N) is 1. The Kier molecular flexibility index (Phi) is 5.14. The van der Waals surface area contributed by atoms with E-state index in [1.54, 1.807) is 6.07 Å². The van der Waals surface area contributed by atoms with Gasteiger partial charge < -0.3 is 10.2 Å². The van der Waals surface area contributed by atoms with Gasteiger partial charge in [-0.2, -0.15) is 0 Å². The molecule has 1 fully saturated rings. The lowest BCUT2D eigenvalue weighted by molar-refractivity contribution is 0.102. The van der Waals surface area contributed by atoms with Crippen LogP contribution in [-0.2, 0) is 0 Å². The maximum atomic E-state index is 12.6. The SMILES string of the molecule is CC(C)c1ccccc1NC(=O)c1cccc(N2CCCCC2)n1. The van der Waals surface area contributed by atoms with Crippen molar-refractivity contribution in [2.75, 3.05) is 23.3 Å². The first-order chi connectivity index (χ1) is 11.6. The van der Waals surface area contributed by atoms with Crippen LogP contribution in [-0.4, -0.2) is 24.0 Å². The molecule has 1 N–H and O–H groups in total. The topological polar surface area (TPSA) is 45.2 Å². The summed E-state index contributed by atoms with van der Waals surface area (Å²) in [4.78, 5) is 19.5. The molecule has 0 unspecified atom stereocenters. The van der Waals surface area contributed by atoms with Crippen molar-refractivity contribution in [1.29, 1.82) is 0 Å². The van der Waals surface area contributed by atoms with Gasteiger partial charge in [0.25, 0.3) is 5.91 Å². The standard InChI is InChI=1S/C20H25N3O/c1-15(2)16-9-4-5-10-17(16)22-20(24)18-11-8-12-19(21-18)23-13-6-3-7-14-23/h4-5,8-12,15H,3,6-7,13-14H2,1-2H3,(H,22,24). The molecule has 1 saturated heterocycles. The van der Waals surface area contributed by atoms with Gasteiger partial charge in [0.2, 0.25) is 0 Å². The number of rotatable bonds is 4. The Morgan fingerprint density at radius 1 is 1.04 bits per heavy atom. The Labute approximate surface area is 143 Å². The van der Waals surface area contributed by atoms with Crippen LogP contribution >= 0.6 is 0 Å². The summed E-state index contributed by atoms with van der Waals surface area (Å²) in [6.45, 7) is 6.29. The average Bonchev–Trinajstić information content (AvgIpc) is 2.63. The highest BCUT2D eigenvalue weighted by molar-refractivity contribution is 6.03. The lowest BCUT2D eigenvalue weighted by atomic mass is 10.0. The molecule has 0 spiro atoms. The van der Waals surface area contributed by atoms with E-state index in [9.17, 15) is 4.79 Å². The number of hydrogen-bond acceptors (Lipinski definition) is 3. The monoisotopic (exact) mass is 323 g/mol. The van der Waals surface area contributed by atoms with E-state index in [2.05, 4.69) is 35.1 Å². The Morgan fingerprint density at radius 2 is 1.79 bits per heavy atom. The van der Waals surface area contributed by atoms with Crippen LogP contribution in [0.2, 0.25) is 0 Å². The molecule has 0 aliphatic carbocycles. The zero-order valence-corrected chi connectivity index (χ0v) is 14.5. The molecule has 1 aromatic heterocycles. The molecular formula is C20H25N3O. The van der Waals surface area contributed by atoms with Crippen LogP contribution in [0.3, 0.4) is 0 Å². The van der Waals surface area contributed by atoms with E-state index >= 15 is 0 Å². The van der Waals surface area contributed by atoms with E-state index in [0.717, 1.165) is 30.2 Å². The van der Waals surface area contributed by atoms with E-state index in [0.29, 0.717) is 11.6 Å². The van der Waals surface area contributed by atoms with Gasteiger partial charge in [-0.05, 0) is 48.9 Å². The largest absolute Gasteiger partial charge is 0.357 e. The Bertz CT molecular complexity index is 706. The zero-order chi connectivity index (χ0) is 16.9. The molecule has 1 aliphatic heterocycles. The first kappa shape index (κ1) is 16.5. The molecular weight excluding hydrogens is 298 g/mol. The molecule has 2 aromatic rings. The number of pyridine rings is 1. The quantitative estimate of drug-likeness (QED) is 0.904. The van der Waals surface area contributed by atoms with Crippen molar-refractivity contribution in [2.24, 2.45) is 0 Å². The molecule has 1 aliphatic rings. The molecule has 1 amide bonds. The van der Waals surface area contributed by atoms with Crippen molar-refractivity contribution in [1.82, 2.24) is 4.98 Å².